The molecule has 1 aromatic heterocycles. The van der Waals surface area contributed by atoms with Gasteiger partial charge in [0.25, 0.3) is 0 Å². The van der Waals surface area contributed by atoms with Crippen molar-refractivity contribution in [3.05, 3.63) is 23.8 Å². The zero-order valence-corrected chi connectivity index (χ0v) is 8.25. The van der Waals surface area contributed by atoms with Crippen molar-refractivity contribution in [3.8, 4) is 5.75 Å². The van der Waals surface area contributed by atoms with Gasteiger partial charge in [-0.15, -0.1) is 24.0 Å². The maximum absolute atomic E-state index is 9.56. The Morgan fingerprint density at radius 1 is 1.42 bits per heavy atom. The minimum absolute atomic E-state index is 0.307. The summed E-state index contributed by atoms with van der Waals surface area (Å²) in [6.45, 7) is 2.03. The highest BCUT2D eigenvalue weighted by Crippen LogP contribution is 2.40. The van der Waals surface area contributed by atoms with Gasteiger partial charge < -0.3 is 5.11 Å². The van der Waals surface area contributed by atoms with Crippen LogP contribution in [0.2, 0.25) is 0 Å². The van der Waals surface area contributed by atoms with E-state index in [1.54, 1.807) is 0 Å². The smallest absolute Gasteiger partial charge is 0.147 e. The molecule has 3 heteroatoms. The molecule has 1 nitrogen and oxygen atoms in total. The van der Waals surface area contributed by atoms with E-state index in [1.807, 2.05) is 25.1 Å². The zero-order valence-electron chi connectivity index (χ0n) is 6.53. The number of benzene rings is 1. The fourth-order valence-corrected chi connectivity index (χ4v) is 2.53. The minimum atomic E-state index is 0.307. The molecule has 0 atom stereocenters. The third-order valence-corrected chi connectivity index (χ3v) is 3.49. The molecule has 0 aliphatic carbocycles. The van der Waals surface area contributed by atoms with Gasteiger partial charge >= 0.3 is 0 Å². The second-order valence-corrected chi connectivity index (χ2v) is 4.48. The van der Waals surface area contributed by atoms with Gasteiger partial charge in [0.1, 0.15) is 5.75 Å². The summed E-state index contributed by atoms with van der Waals surface area (Å²) in [5.41, 5.74) is 1.19. The van der Waals surface area contributed by atoms with Crippen molar-refractivity contribution in [2.45, 2.75) is 11.1 Å². The molecule has 12 heavy (non-hydrogen) atoms. The van der Waals surface area contributed by atoms with Crippen LogP contribution in [0.15, 0.2) is 22.4 Å². The number of rotatable bonds is 0. The SMILES string of the molecule is Cc1cccc2c(O)c(S)sc12. The minimum Gasteiger partial charge on any atom is -0.505 e. The Morgan fingerprint density at radius 2 is 2.17 bits per heavy atom. The lowest BCUT2D eigenvalue weighted by molar-refractivity contribution is 0.473. The molecule has 1 aromatic carbocycles. The molecule has 0 amide bonds. The second kappa shape index (κ2) is 2.68. The maximum atomic E-state index is 9.56. The first-order valence-corrected chi connectivity index (χ1v) is 4.86. The summed E-state index contributed by atoms with van der Waals surface area (Å²) in [4.78, 5) is 0. The van der Waals surface area contributed by atoms with Crippen LogP contribution in [0, 0.1) is 6.92 Å². The first-order valence-electron chi connectivity index (χ1n) is 3.60. The molecular formula is C9H8OS2. The Morgan fingerprint density at radius 3 is 2.83 bits per heavy atom. The molecule has 0 fully saturated rings. The average Bonchev–Trinajstić information content (AvgIpc) is 2.32. The zero-order chi connectivity index (χ0) is 8.72. The summed E-state index contributed by atoms with van der Waals surface area (Å²) < 4.78 is 1.82. The van der Waals surface area contributed by atoms with Crippen LogP contribution in [-0.4, -0.2) is 5.11 Å². The van der Waals surface area contributed by atoms with Crippen molar-refractivity contribution in [2.24, 2.45) is 0 Å². The lowest BCUT2D eigenvalue weighted by atomic mass is 10.2. The van der Waals surface area contributed by atoms with E-state index in [0.29, 0.717) is 9.96 Å². The predicted octanol–water partition coefficient (Wildman–Crippen LogP) is 3.20. The quantitative estimate of drug-likeness (QED) is 0.620. The van der Waals surface area contributed by atoms with Gasteiger partial charge in [0, 0.05) is 10.1 Å². The van der Waals surface area contributed by atoms with Gasteiger partial charge in [-0.3, -0.25) is 0 Å². The Bertz CT molecular complexity index is 431. The molecular weight excluding hydrogens is 188 g/mol. The van der Waals surface area contributed by atoms with E-state index in [0.717, 1.165) is 10.1 Å². The lowest BCUT2D eigenvalue weighted by Gasteiger charge is -1.93. The standard InChI is InChI=1S/C9H8OS2/c1-5-3-2-4-6-7(10)9(11)12-8(5)6/h2-4,10-11H,1H3. The van der Waals surface area contributed by atoms with Gasteiger partial charge in [-0.25, -0.2) is 0 Å². The third-order valence-electron chi connectivity index (χ3n) is 1.87. The van der Waals surface area contributed by atoms with E-state index < -0.39 is 0 Å². The first kappa shape index (κ1) is 7.95. The molecule has 0 saturated carbocycles. The lowest BCUT2D eigenvalue weighted by Crippen LogP contribution is -1.69. The molecule has 0 bridgehead atoms. The summed E-state index contributed by atoms with van der Waals surface area (Å²) in [6, 6.07) is 5.89. The molecule has 62 valence electrons. The van der Waals surface area contributed by atoms with Crippen molar-refractivity contribution in [3.63, 3.8) is 0 Å². The van der Waals surface area contributed by atoms with Crippen LogP contribution in [0.3, 0.4) is 0 Å². The van der Waals surface area contributed by atoms with E-state index in [-0.39, 0.29) is 0 Å². The number of aromatic hydroxyl groups is 1. The third kappa shape index (κ3) is 1.01. The van der Waals surface area contributed by atoms with Crippen molar-refractivity contribution in [1.82, 2.24) is 0 Å². The fourth-order valence-electron chi connectivity index (χ4n) is 1.23. The summed E-state index contributed by atoms with van der Waals surface area (Å²) in [5, 5.41) is 10.5. The number of hydrogen-bond acceptors (Lipinski definition) is 3. The first-order chi connectivity index (χ1) is 5.70. The van der Waals surface area contributed by atoms with Crippen LogP contribution in [0.4, 0.5) is 0 Å². The van der Waals surface area contributed by atoms with E-state index in [1.165, 1.54) is 16.9 Å². The Kier molecular flexibility index (Phi) is 1.77. The van der Waals surface area contributed by atoms with E-state index >= 15 is 0 Å². The number of fused-ring (bicyclic) bond motifs is 1. The average molecular weight is 196 g/mol. The highest BCUT2D eigenvalue weighted by Gasteiger charge is 2.08. The van der Waals surface area contributed by atoms with Crippen LogP contribution in [0.1, 0.15) is 5.56 Å². The van der Waals surface area contributed by atoms with Gasteiger partial charge in [-0.05, 0) is 18.6 Å². The van der Waals surface area contributed by atoms with Crippen LogP contribution in [0.25, 0.3) is 10.1 Å². The van der Waals surface area contributed by atoms with Gasteiger partial charge in [0.05, 0.1) is 4.21 Å². The molecule has 0 unspecified atom stereocenters. The monoisotopic (exact) mass is 196 g/mol. The molecule has 0 saturated heterocycles. The Hall–Kier alpha value is -0.670. The Labute approximate surface area is 80.1 Å². The topological polar surface area (TPSA) is 20.2 Å². The van der Waals surface area contributed by atoms with Crippen molar-refractivity contribution < 1.29 is 5.11 Å². The highest BCUT2D eigenvalue weighted by atomic mass is 32.2. The number of thiol groups is 1. The van der Waals surface area contributed by atoms with Crippen LogP contribution in [0.5, 0.6) is 5.75 Å². The highest BCUT2D eigenvalue weighted by molar-refractivity contribution is 7.83. The van der Waals surface area contributed by atoms with E-state index in [2.05, 4.69) is 12.6 Å². The summed E-state index contributed by atoms with van der Waals surface area (Å²) in [6.07, 6.45) is 0. The van der Waals surface area contributed by atoms with Crippen molar-refractivity contribution in [1.29, 1.82) is 0 Å². The van der Waals surface area contributed by atoms with Gasteiger partial charge in [-0.1, -0.05) is 12.1 Å². The van der Waals surface area contributed by atoms with Gasteiger partial charge in [-0.2, -0.15) is 0 Å². The Balaban J connectivity index is 2.95. The maximum Gasteiger partial charge on any atom is 0.147 e. The van der Waals surface area contributed by atoms with Crippen molar-refractivity contribution in [2.75, 3.05) is 0 Å². The van der Waals surface area contributed by atoms with Crippen molar-refractivity contribution >= 4 is 34.1 Å². The molecule has 0 aliphatic heterocycles. The molecule has 0 radical (unpaired) electrons. The summed E-state index contributed by atoms with van der Waals surface area (Å²) >= 11 is 5.69. The molecule has 2 aromatic rings. The van der Waals surface area contributed by atoms with Crippen LogP contribution < -0.4 is 0 Å². The second-order valence-electron chi connectivity index (χ2n) is 2.71. The summed E-state index contributed by atoms with van der Waals surface area (Å²) in [5.74, 6) is 0.307. The molecule has 2 rings (SSSR count). The number of thiophene rings is 1. The van der Waals surface area contributed by atoms with Crippen LogP contribution >= 0.6 is 24.0 Å². The largest absolute Gasteiger partial charge is 0.505 e. The summed E-state index contributed by atoms with van der Waals surface area (Å²) in [7, 11) is 0. The van der Waals surface area contributed by atoms with Gasteiger partial charge in [0.15, 0.2) is 0 Å². The molecule has 0 aliphatic rings. The van der Waals surface area contributed by atoms with Crippen LogP contribution in [-0.2, 0) is 0 Å². The number of hydrogen-bond donors (Lipinski definition) is 2. The van der Waals surface area contributed by atoms with E-state index in [4.69, 9.17) is 0 Å². The molecule has 1 N–H and O–H groups in total. The molecule has 0 spiro atoms. The van der Waals surface area contributed by atoms with Gasteiger partial charge in [0.2, 0.25) is 0 Å². The fraction of sp³-hybridized carbons (Fsp3) is 0.111. The predicted molar refractivity (Wildman–Crippen MR) is 55.5 cm³/mol. The normalized spacial score (nSPS) is 10.8. The number of aryl methyl sites for hydroxylation is 1. The van der Waals surface area contributed by atoms with E-state index in [9.17, 15) is 5.11 Å². The molecule has 1 heterocycles.